The third kappa shape index (κ3) is 5.10. The average Bonchev–Trinajstić information content (AvgIpc) is 3.09. The zero-order valence-corrected chi connectivity index (χ0v) is 25.2. The van der Waals surface area contributed by atoms with E-state index in [4.69, 9.17) is 9.73 Å². The molecule has 2 atom stereocenters. The summed E-state index contributed by atoms with van der Waals surface area (Å²) in [6.07, 6.45) is 6.00. The molecule has 1 aliphatic heterocycles. The van der Waals surface area contributed by atoms with Crippen LogP contribution in [0.4, 0.5) is 5.69 Å². The molecule has 1 fully saturated rings. The molecular weight excluding hydrogens is 665 g/mol. The third-order valence-corrected chi connectivity index (χ3v) is 8.26. The van der Waals surface area contributed by atoms with Crippen molar-refractivity contribution in [3.63, 3.8) is 0 Å². The molecule has 2 heterocycles. The van der Waals surface area contributed by atoms with Crippen LogP contribution in [-0.4, -0.2) is 28.0 Å². The van der Waals surface area contributed by atoms with E-state index in [2.05, 4.69) is 55.8 Å². The fraction of sp³-hybridized carbons (Fsp3) is 0.333. The molecular formula is C33H34N3O2Pt-. The summed E-state index contributed by atoms with van der Waals surface area (Å²) in [6, 6.07) is 21.5. The molecule has 6 rings (SSSR count). The summed E-state index contributed by atoms with van der Waals surface area (Å²) < 4.78 is 6.16. The minimum Gasteiger partial charge on any atom is -0.506 e. The van der Waals surface area contributed by atoms with Gasteiger partial charge >= 0.3 is 0 Å². The molecule has 2 aliphatic rings. The van der Waals surface area contributed by atoms with Gasteiger partial charge in [0.05, 0.1) is 11.9 Å². The SMILES string of the molecule is Cc1cc(C)c(C)c(N2C(c3[c-]c(Oc4ccc5cccc(O)c5n4)ccc3)=N[C@H]3CCCCC[C@@H]32)c1C.[Pt]. The Morgan fingerprint density at radius 3 is 2.44 bits per heavy atom. The monoisotopic (exact) mass is 699 g/mol. The van der Waals surface area contributed by atoms with Crippen LogP contribution < -0.4 is 9.64 Å². The first-order chi connectivity index (χ1) is 18.4. The quantitative estimate of drug-likeness (QED) is 0.222. The summed E-state index contributed by atoms with van der Waals surface area (Å²) in [7, 11) is 0. The minimum absolute atomic E-state index is 0. The van der Waals surface area contributed by atoms with Crippen molar-refractivity contribution in [2.75, 3.05) is 4.90 Å². The molecule has 204 valence electrons. The number of amidine groups is 1. The second-order valence-corrected chi connectivity index (χ2v) is 10.7. The topological polar surface area (TPSA) is 58.0 Å². The van der Waals surface area contributed by atoms with Crippen molar-refractivity contribution in [3.05, 3.63) is 88.5 Å². The first-order valence-electron chi connectivity index (χ1n) is 13.6. The Bertz CT molecular complexity index is 1540. The van der Waals surface area contributed by atoms with Gasteiger partial charge in [0.2, 0.25) is 5.88 Å². The Kier molecular flexibility index (Phi) is 7.82. The fourth-order valence-electron chi connectivity index (χ4n) is 6.05. The van der Waals surface area contributed by atoms with Crippen molar-refractivity contribution in [2.24, 2.45) is 4.99 Å². The molecule has 1 aliphatic carbocycles. The van der Waals surface area contributed by atoms with Crippen LogP contribution >= 0.6 is 0 Å². The van der Waals surface area contributed by atoms with Gasteiger partial charge in [0.25, 0.3) is 0 Å². The number of aryl methyl sites for hydroxylation is 2. The number of aromatic hydroxyl groups is 1. The Morgan fingerprint density at radius 2 is 1.64 bits per heavy atom. The van der Waals surface area contributed by atoms with Crippen molar-refractivity contribution < 1.29 is 30.9 Å². The van der Waals surface area contributed by atoms with Crippen molar-refractivity contribution in [3.8, 4) is 17.4 Å². The van der Waals surface area contributed by atoms with Gasteiger partial charge < -0.3 is 19.7 Å². The predicted octanol–water partition coefficient (Wildman–Crippen LogP) is 7.73. The standard InChI is InChI=1S/C33H34N3O2.Pt/c1-20-18-21(2)23(4)32(22(20)3)36-28-14-7-5-6-13-27(28)34-33(36)25-11-8-12-26(19-25)38-30-17-16-24-10-9-15-29(37)31(24)35-30;/h8-12,15-18,27-28,37H,5-7,13-14H2,1-4H3;/q-1;/t27-,28-;/m0./s1. The van der Waals surface area contributed by atoms with E-state index in [1.54, 1.807) is 6.07 Å². The van der Waals surface area contributed by atoms with E-state index < -0.39 is 0 Å². The molecule has 0 amide bonds. The van der Waals surface area contributed by atoms with Gasteiger partial charge in [0.15, 0.2) is 0 Å². The Hall–Kier alpha value is -3.17. The molecule has 4 aromatic rings. The second kappa shape index (κ2) is 11.1. The molecule has 0 spiro atoms. The summed E-state index contributed by atoms with van der Waals surface area (Å²) >= 11 is 0. The van der Waals surface area contributed by atoms with Crippen LogP contribution in [-0.2, 0) is 21.1 Å². The molecule has 1 N–H and O–H groups in total. The van der Waals surface area contributed by atoms with Gasteiger partial charge in [0, 0.05) is 50.0 Å². The van der Waals surface area contributed by atoms with Gasteiger partial charge in [-0.2, -0.15) is 0 Å². The number of fused-ring (bicyclic) bond motifs is 2. The number of hydrogen-bond donors (Lipinski definition) is 1. The number of aliphatic imine (C=N–C) groups is 1. The Balaban J connectivity index is 0.00000308. The molecule has 6 heteroatoms. The van der Waals surface area contributed by atoms with Crippen LogP contribution in [0.3, 0.4) is 0 Å². The smallest absolute Gasteiger partial charge is 0.217 e. The number of anilines is 1. The van der Waals surface area contributed by atoms with Gasteiger partial charge in [-0.1, -0.05) is 43.5 Å². The first kappa shape index (κ1) is 27.4. The van der Waals surface area contributed by atoms with E-state index in [1.165, 1.54) is 47.2 Å². The normalized spacial score (nSPS) is 18.8. The fourth-order valence-corrected chi connectivity index (χ4v) is 6.05. The number of phenols is 1. The summed E-state index contributed by atoms with van der Waals surface area (Å²) in [5.74, 6) is 2.11. The molecule has 5 nitrogen and oxygen atoms in total. The maximum atomic E-state index is 10.2. The number of benzene rings is 3. The van der Waals surface area contributed by atoms with Gasteiger partial charge in [-0.25, -0.2) is 4.98 Å². The van der Waals surface area contributed by atoms with E-state index >= 15 is 0 Å². The van der Waals surface area contributed by atoms with E-state index in [0.717, 1.165) is 29.6 Å². The first-order valence-corrected chi connectivity index (χ1v) is 13.6. The van der Waals surface area contributed by atoms with Crippen molar-refractivity contribution in [2.45, 2.75) is 71.9 Å². The number of aromatic nitrogens is 1. The van der Waals surface area contributed by atoms with Crippen molar-refractivity contribution in [1.82, 2.24) is 4.98 Å². The van der Waals surface area contributed by atoms with Crippen LogP contribution in [0.15, 0.2) is 59.6 Å². The van der Waals surface area contributed by atoms with Crippen LogP contribution in [0.2, 0.25) is 0 Å². The van der Waals surface area contributed by atoms with Gasteiger partial charge in [-0.05, 0) is 74.9 Å². The molecule has 0 radical (unpaired) electrons. The van der Waals surface area contributed by atoms with Crippen LogP contribution in [0.5, 0.6) is 17.4 Å². The maximum absolute atomic E-state index is 10.2. The van der Waals surface area contributed by atoms with E-state index in [0.29, 0.717) is 23.2 Å². The number of hydrogen-bond acceptors (Lipinski definition) is 5. The van der Waals surface area contributed by atoms with Gasteiger partial charge in [-0.15, -0.1) is 23.8 Å². The van der Waals surface area contributed by atoms with Gasteiger partial charge in [-0.3, -0.25) is 0 Å². The number of ether oxygens (including phenoxy) is 1. The number of para-hydroxylation sites is 1. The molecule has 0 bridgehead atoms. The Morgan fingerprint density at radius 1 is 0.897 bits per heavy atom. The molecule has 3 aromatic carbocycles. The maximum Gasteiger partial charge on any atom is 0.217 e. The zero-order chi connectivity index (χ0) is 26.4. The number of nitrogens with zero attached hydrogens (tertiary/aromatic N) is 3. The summed E-state index contributed by atoms with van der Waals surface area (Å²) in [5, 5.41) is 11.1. The molecule has 1 saturated carbocycles. The third-order valence-electron chi connectivity index (χ3n) is 8.26. The Labute approximate surface area is 245 Å². The van der Waals surface area contributed by atoms with Crippen molar-refractivity contribution >= 4 is 22.4 Å². The van der Waals surface area contributed by atoms with E-state index in [9.17, 15) is 5.11 Å². The zero-order valence-electron chi connectivity index (χ0n) is 22.9. The molecule has 1 aromatic heterocycles. The minimum atomic E-state index is 0. The van der Waals surface area contributed by atoms with Crippen molar-refractivity contribution in [1.29, 1.82) is 0 Å². The summed E-state index contributed by atoms with van der Waals surface area (Å²) in [5.41, 5.74) is 8.00. The van der Waals surface area contributed by atoms with E-state index in [-0.39, 0.29) is 32.9 Å². The molecule has 0 saturated heterocycles. The molecule has 0 unspecified atom stereocenters. The van der Waals surface area contributed by atoms with Gasteiger partial charge in [0.1, 0.15) is 11.3 Å². The average molecular weight is 700 g/mol. The molecule has 39 heavy (non-hydrogen) atoms. The predicted molar refractivity (Wildman–Crippen MR) is 154 cm³/mol. The summed E-state index contributed by atoms with van der Waals surface area (Å²) in [6.45, 7) is 8.89. The van der Waals surface area contributed by atoms with Crippen LogP contribution in [0.1, 0.15) is 59.9 Å². The van der Waals surface area contributed by atoms with E-state index in [1.807, 2.05) is 36.4 Å². The number of pyridine rings is 1. The second-order valence-electron chi connectivity index (χ2n) is 10.7. The summed E-state index contributed by atoms with van der Waals surface area (Å²) in [4.78, 5) is 12.4. The number of phenolic OH excluding ortho intramolecular Hbond substituents is 1. The van der Waals surface area contributed by atoms with Crippen LogP contribution in [0.25, 0.3) is 10.9 Å². The van der Waals surface area contributed by atoms with Crippen LogP contribution in [0, 0.1) is 33.8 Å². The largest absolute Gasteiger partial charge is 0.506 e. The number of rotatable bonds is 4.